The molecule has 15 heavy (non-hydrogen) atoms. The Balaban J connectivity index is 1.91. The monoisotopic (exact) mass is 243 g/mol. The van der Waals surface area contributed by atoms with Crippen LogP contribution in [-0.2, 0) is 0 Å². The fourth-order valence-electron chi connectivity index (χ4n) is 1.51. The zero-order valence-electron chi connectivity index (χ0n) is 8.23. The molecule has 1 fully saturated rings. The molecule has 1 atom stereocenters. The second kappa shape index (κ2) is 4.85. The summed E-state index contributed by atoms with van der Waals surface area (Å²) in [5.41, 5.74) is 5.91. The van der Waals surface area contributed by atoms with E-state index in [1.807, 2.05) is 11.8 Å². The van der Waals surface area contributed by atoms with Crippen LogP contribution in [-0.4, -0.2) is 28.4 Å². The minimum atomic E-state index is -0.101. The van der Waals surface area contributed by atoms with Crippen molar-refractivity contribution in [3.63, 3.8) is 0 Å². The van der Waals surface area contributed by atoms with Gasteiger partial charge in [-0.15, -0.1) is 11.3 Å². The molecule has 0 aliphatic carbocycles. The molecule has 1 amide bonds. The summed E-state index contributed by atoms with van der Waals surface area (Å²) >= 11 is 3.18. The first-order valence-electron chi connectivity index (χ1n) is 4.85. The molecular weight excluding hydrogens is 230 g/mol. The van der Waals surface area contributed by atoms with Crippen molar-refractivity contribution < 1.29 is 4.79 Å². The average Bonchev–Trinajstić information content (AvgIpc) is 2.66. The molecule has 1 unspecified atom stereocenters. The molecule has 3 N–H and O–H groups in total. The number of nitrogen functional groups attached to an aromatic ring is 1. The molecular formula is C9H13N3OS2. The normalized spacial score (nSPS) is 21.2. The number of carbonyl (C=O) groups excluding carboxylic acids is 1. The minimum absolute atomic E-state index is 0.101. The van der Waals surface area contributed by atoms with Crippen LogP contribution in [0, 0.1) is 0 Å². The van der Waals surface area contributed by atoms with E-state index in [0.717, 1.165) is 12.2 Å². The minimum Gasteiger partial charge on any atom is -0.375 e. The smallest absolute Gasteiger partial charge is 0.271 e. The van der Waals surface area contributed by atoms with Crippen molar-refractivity contribution in [3.05, 3.63) is 11.1 Å². The number of amides is 1. The molecule has 1 aromatic heterocycles. The van der Waals surface area contributed by atoms with Gasteiger partial charge in [0.25, 0.3) is 5.91 Å². The van der Waals surface area contributed by atoms with Crippen LogP contribution in [0.2, 0.25) is 0 Å². The van der Waals surface area contributed by atoms with Gasteiger partial charge in [0.2, 0.25) is 0 Å². The average molecular weight is 243 g/mol. The van der Waals surface area contributed by atoms with E-state index in [-0.39, 0.29) is 5.91 Å². The third-order valence-electron chi connectivity index (χ3n) is 2.25. The third kappa shape index (κ3) is 2.85. The second-order valence-corrected chi connectivity index (χ2v) is 5.50. The Hall–Kier alpha value is -0.750. The van der Waals surface area contributed by atoms with E-state index in [1.165, 1.54) is 23.5 Å². The Labute approximate surface area is 96.6 Å². The highest BCUT2D eigenvalue weighted by atomic mass is 32.2. The molecule has 82 valence electrons. The highest BCUT2D eigenvalue weighted by molar-refractivity contribution is 7.99. The van der Waals surface area contributed by atoms with Crippen molar-refractivity contribution in [3.8, 4) is 0 Å². The highest BCUT2D eigenvalue weighted by Crippen LogP contribution is 2.18. The first-order valence-corrected chi connectivity index (χ1v) is 6.89. The lowest BCUT2D eigenvalue weighted by Crippen LogP contribution is -2.38. The predicted octanol–water partition coefficient (Wildman–Crippen LogP) is 1.35. The number of nitrogens with zero attached hydrogens (tertiary/aromatic N) is 1. The van der Waals surface area contributed by atoms with Gasteiger partial charge in [0.15, 0.2) is 5.13 Å². The maximum absolute atomic E-state index is 11.7. The summed E-state index contributed by atoms with van der Waals surface area (Å²) in [5, 5.41) is 5.12. The number of aromatic nitrogens is 1. The number of anilines is 1. The van der Waals surface area contributed by atoms with Crippen molar-refractivity contribution in [2.24, 2.45) is 0 Å². The number of nitrogens with two attached hydrogens (primary N) is 1. The van der Waals surface area contributed by atoms with E-state index in [0.29, 0.717) is 16.9 Å². The molecule has 6 heteroatoms. The molecule has 2 heterocycles. The molecule has 0 saturated carbocycles. The van der Waals surface area contributed by atoms with Gasteiger partial charge in [-0.25, -0.2) is 4.98 Å². The van der Waals surface area contributed by atoms with Gasteiger partial charge in [-0.05, 0) is 18.6 Å². The van der Waals surface area contributed by atoms with Gasteiger partial charge in [0.05, 0.1) is 0 Å². The summed E-state index contributed by atoms with van der Waals surface area (Å²) in [7, 11) is 0. The van der Waals surface area contributed by atoms with E-state index < -0.39 is 0 Å². The molecule has 4 nitrogen and oxygen atoms in total. The van der Waals surface area contributed by atoms with Crippen molar-refractivity contribution in [2.45, 2.75) is 18.9 Å². The zero-order chi connectivity index (χ0) is 10.7. The summed E-state index contributed by atoms with van der Waals surface area (Å²) in [6.45, 7) is 0. The fraction of sp³-hybridized carbons (Fsp3) is 0.556. The maximum Gasteiger partial charge on any atom is 0.271 e. The van der Waals surface area contributed by atoms with Gasteiger partial charge in [0, 0.05) is 17.2 Å². The van der Waals surface area contributed by atoms with Crippen LogP contribution in [0.4, 0.5) is 5.13 Å². The lowest BCUT2D eigenvalue weighted by Gasteiger charge is -2.21. The van der Waals surface area contributed by atoms with Crippen molar-refractivity contribution >= 4 is 34.1 Å². The second-order valence-electron chi connectivity index (χ2n) is 3.46. The van der Waals surface area contributed by atoms with E-state index in [2.05, 4.69) is 10.3 Å². The Morgan fingerprint density at radius 3 is 3.13 bits per heavy atom. The van der Waals surface area contributed by atoms with Gasteiger partial charge in [0.1, 0.15) is 5.69 Å². The molecule has 1 saturated heterocycles. The van der Waals surface area contributed by atoms with Crippen molar-refractivity contribution in [1.82, 2.24) is 10.3 Å². The molecule has 0 bridgehead atoms. The standard InChI is InChI=1S/C9H13N3OS2/c10-9-12-7(5-15-9)8(13)11-6-2-1-3-14-4-6/h5-6H,1-4H2,(H2,10,12)(H,11,13). The highest BCUT2D eigenvalue weighted by Gasteiger charge is 2.18. The van der Waals surface area contributed by atoms with E-state index in [4.69, 9.17) is 5.73 Å². The van der Waals surface area contributed by atoms with Crippen molar-refractivity contribution in [2.75, 3.05) is 17.2 Å². The zero-order valence-corrected chi connectivity index (χ0v) is 9.87. The van der Waals surface area contributed by atoms with Gasteiger partial charge >= 0.3 is 0 Å². The number of hydrogen-bond acceptors (Lipinski definition) is 5. The Morgan fingerprint density at radius 1 is 1.67 bits per heavy atom. The quantitative estimate of drug-likeness (QED) is 0.823. The van der Waals surface area contributed by atoms with Crippen LogP contribution in [0.3, 0.4) is 0 Å². The number of nitrogens with one attached hydrogen (secondary N) is 1. The SMILES string of the molecule is Nc1nc(C(=O)NC2CCCSC2)cs1. The lowest BCUT2D eigenvalue weighted by atomic mass is 10.2. The largest absolute Gasteiger partial charge is 0.375 e. The Bertz CT molecular complexity index is 347. The summed E-state index contributed by atoms with van der Waals surface area (Å²) in [4.78, 5) is 15.6. The summed E-state index contributed by atoms with van der Waals surface area (Å²) in [6, 6.07) is 0.291. The van der Waals surface area contributed by atoms with Gasteiger partial charge in [-0.1, -0.05) is 0 Å². The first kappa shape index (κ1) is 10.8. The molecule has 1 aromatic rings. The van der Waals surface area contributed by atoms with E-state index >= 15 is 0 Å². The van der Waals surface area contributed by atoms with E-state index in [9.17, 15) is 4.79 Å². The number of thiazole rings is 1. The van der Waals surface area contributed by atoms with E-state index in [1.54, 1.807) is 5.38 Å². The fourth-order valence-corrected chi connectivity index (χ4v) is 3.12. The summed E-state index contributed by atoms with van der Waals surface area (Å²) < 4.78 is 0. The Morgan fingerprint density at radius 2 is 2.53 bits per heavy atom. The molecule has 1 aliphatic rings. The third-order valence-corrected chi connectivity index (χ3v) is 4.14. The molecule has 0 spiro atoms. The molecule has 1 aliphatic heterocycles. The molecule has 0 radical (unpaired) electrons. The number of carbonyl (C=O) groups is 1. The molecule has 2 rings (SSSR count). The van der Waals surface area contributed by atoms with Crippen LogP contribution in [0.25, 0.3) is 0 Å². The Kier molecular flexibility index (Phi) is 3.48. The predicted molar refractivity (Wildman–Crippen MR) is 64.3 cm³/mol. The van der Waals surface area contributed by atoms with Crippen LogP contribution in [0.1, 0.15) is 23.3 Å². The van der Waals surface area contributed by atoms with Crippen molar-refractivity contribution in [1.29, 1.82) is 0 Å². The van der Waals surface area contributed by atoms with Gasteiger partial charge in [-0.2, -0.15) is 11.8 Å². The first-order chi connectivity index (χ1) is 7.25. The van der Waals surface area contributed by atoms with Gasteiger partial charge < -0.3 is 11.1 Å². The van der Waals surface area contributed by atoms with Crippen LogP contribution < -0.4 is 11.1 Å². The van der Waals surface area contributed by atoms with Gasteiger partial charge in [-0.3, -0.25) is 4.79 Å². The summed E-state index contributed by atoms with van der Waals surface area (Å²) in [5.74, 6) is 2.11. The summed E-state index contributed by atoms with van der Waals surface area (Å²) in [6.07, 6.45) is 2.24. The maximum atomic E-state index is 11.7. The topological polar surface area (TPSA) is 68.0 Å². The lowest BCUT2D eigenvalue weighted by molar-refractivity contribution is 0.0934. The number of rotatable bonds is 2. The van der Waals surface area contributed by atoms with Crippen LogP contribution >= 0.6 is 23.1 Å². The number of hydrogen-bond donors (Lipinski definition) is 2. The van der Waals surface area contributed by atoms with Crippen LogP contribution in [0.5, 0.6) is 0 Å². The molecule has 0 aromatic carbocycles. The number of thioether (sulfide) groups is 1. The van der Waals surface area contributed by atoms with Crippen LogP contribution in [0.15, 0.2) is 5.38 Å².